The molecular weight excluding hydrogens is 989 g/mol. The van der Waals surface area contributed by atoms with Gasteiger partial charge in [-0.15, -0.1) is 0 Å². The maximum absolute atomic E-state index is 14.3. The zero-order valence-corrected chi connectivity index (χ0v) is 43.7. The number of unbranched alkanes of at least 4 members (excludes halogenated alkanes) is 1. The lowest BCUT2D eigenvalue weighted by Crippen LogP contribution is -2.62. The summed E-state index contributed by atoms with van der Waals surface area (Å²) in [6.07, 6.45) is -0.766. The third kappa shape index (κ3) is 25.2. The van der Waals surface area contributed by atoms with Crippen LogP contribution in [-0.2, 0) is 54.4 Å². The number of carboxylic acids is 1. The number of phenolic OH excluding ortho intramolecular Hbond substituents is 1. The summed E-state index contributed by atoms with van der Waals surface area (Å²) in [5.74, 6) is -10.1. The van der Waals surface area contributed by atoms with Gasteiger partial charge in [-0.1, -0.05) is 39.8 Å². The molecule has 0 saturated heterocycles. The minimum atomic E-state index is -1.61. The van der Waals surface area contributed by atoms with E-state index in [-0.39, 0.29) is 68.6 Å². The third-order valence-corrected chi connectivity index (χ3v) is 11.4. The number of aliphatic carboxylic acids is 1. The van der Waals surface area contributed by atoms with Crippen LogP contribution >= 0.6 is 12.6 Å². The van der Waals surface area contributed by atoms with E-state index >= 15 is 0 Å². The van der Waals surface area contributed by atoms with E-state index in [9.17, 15) is 58.2 Å². The Balaban J connectivity index is 3.53. The van der Waals surface area contributed by atoms with E-state index in [2.05, 4.69) is 65.5 Å². The highest BCUT2D eigenvalue weighted by Crippen LogP contribution is 2.14. The van der Waals surface area contributed by atoms with Crippen LogP contribution < -0.4 is 70.8 Å². The molecule has 1 aromatic rings. The molecule has 9 atom stereocenters. The number of carbonyl (C=O) groups is 10. The second-order valence-corrected chi connectivity index (χ2v) is 18.7. The van der Waals surface area contributed by atoms with E-state index in [1.165, 1.54) is 38.1 Å². The number of nitrogens with two attached hydrogens (primary N) is 4. The summed E-state index contributed by atoms with van der Waals surface area (Å²) in [5, 5.41) is 51.7. The minimum Gasteiger partial charge on any atom is -0.508 e. The van der Waals surface area contributed by atoms with E-state index < -0.39 is 133 Å². The molecule has 0 heterocycles. The van der Waals surface area contributed by atoms with Crippen LogP contribution in [0.4, 0.5) is 0 Å². The zero-order chi connectivity index (χ0) is 56.2. The zero-order valence-electron chi connectivity index (χ0n) is 42.8. The summed E-state index contributed by atoms with van der Waals surface area (Å²) < 4.78 is 0. The molecule has 9 amide bonds. The Kier molecular flexibility index (Phi) is 29.8. The summed E-state index contributed by atoms with van der Waals surface area (Å²) in [4.78, 5) is 136. The number of phenols is 1. The number of aliphatic hydroxyl groups is 1. The molecule has 0 aromatic heterocycles. The second-order valence-electron chi connectivity index (χ2n) is 18.3. The smallest absolute Gasteiger partial charge is 0.322 e. The van der Waals surface area contributed by atoms with E-state index in [1.54, 1.807) is 27.7 Å². The van der Waals surface area contributed by atoms with Crippen molar-refractivity contribution < 1.29 is 63.3 Å². The van der Waals surface area contributed by atoms with Crippen molar-refractivity contribution in [2.75, 3.05) is 31.9 Å². The molecule has 74 heavy (non-hydrogen) atoms. The third-order valence-electron chi connectivity index (χ3n) is 11.0. The van der Waals surface area contributed by atoms with Crippen LogP contribution in [0.3, 0.4) is 0 Å². The number of hydrogen-bond acceptors (Lipinski definition) is 16. The molecule has 0 aliphatic rings. The van der Waals surface area contributed by atoms with E-state index in [1.807, 2.05) is 0 Å². The maximum atomic E-state index is 14.3. The molecule has 0 unspecified atom stereocenters. The number of aliphatic imine (C=N–C) groups is 1. The van der Waals surface area contributed by atoms with Gasteiger partial charge in [0.25, 0.3) is 0 Å². The molecule has 20 N–H and O–H groups in total. The van der Waals surface area contributed by atoms with E-state index in [0.717, 1.165) is 0 Å². The van der Waals surface area contributed by atoms with Gasteiger partial charge in [0.2, 0.25) is 53.2 Å². The number of carboxylic acid groups (broad SMARTS) is 1. The van der Waals surface area contributed by atoms with Crippen molar-refractivity contribution in [1.82, 2.24) is 47.9 Å². The monoisotopic (exact) mass is 1070 g/mol. The van der Waals surface area contributed by atoms with Gasteiger partial charge in [0.1, 0.15) is 54.6 Å². The Morgan fingerprint density at radius 3 is 1.69 bits per heavy atom. The number of aromatic hydroxyl groups is 1. The lowest BCUT2D eigenvalue weighted by molar-refractivity contribution is -0.138. The van der Waals surface area contributed by atoms with Crippen molar-refractivity contribution in [3.8, 4) is 5.75 Å². The van der Waals surface area contributed by atoms with Gasteiger partial charge in [-0.05, 0) is 88.4 Å². The molecule has 0 radical (unpaired) electrons. The van der Waals surface area contributed by atoms with Crippen molar-refractivity contribution in [2.45, 2.75) is 141 Å². The van der Waals surface area contributed by atoms with Crippen molar-refractivity contribution in [3.63, 3.8) is 0 Å². The van der Waals surface area contributed by atoms with Gasteiger partial charge in [0.05, 0.1) is 18.7 Å². The highest BCUT2D eigenvalue weighted by Gasteiger charge is 2.36. The molecule has 416 valence electrons. The Hall–Kier alpha value is -6.78. The Bertz CT molecular complexity index is 2080. The van der Waals surface area contributed by atoms with Gasteiger partial charge in [-0.2, -0.15) is 12.6 Å². The number of benzene rings is 1. The summed E-state index contributed by atoms with van der Waals surface area (Å²) in [5.41, 5.74) is 22.8. The first-order valence-electron chi connectivity index (χ1n) is 24.2. The predicted octanol–water partition coefficient (Wildman–Crippen LogP) is -4.81. The van der Waals surface area contributed by atoms with Crippen LogP contribution in [-0.4, -0.2) is 167 Å². The average molecular weight is 1070 g/mol. The molecule has 1 aromatic carbocycles. The van der Waals surface area contributed by atoms with Gasteiger partial charge in [-0.25, -0.2) is 0 Å². The predicted molar refractivity (Wildman–Crippen MR) is 275 cm³/mol. The van der Waals surface area contributed by atoms with Gasteiger partial charge >= 0.3 is 5.97 Å². The van der Waals surface area contributed by atoms with Crippen LogP contribution in [0.5, 0.6) is 5.75 Å². The SMILES string of the molecule is CC(C)C[C@H](NC(=O)[C@@H](NC(=O)[C@H](C)NC(=O)[C@@H](N)CS)[C@@H](C)O)C(=O)N[C@@H](CCCN=C(N)N)C(=O)N[C@H](C(=O)N[C@@H](Cc1ccc(O)cc1)C(=O)N[C@@H](CCCCN)C(=O)NCC(=O)NCC(=O)O)C(C)C. The second kappa shape index (κ2) is 33.9. The van der Waals surface area contributed by atoms with Crippen molar-refractivity contribution in [1.29, 1.82) is 0 Å². The number of carbonyl (C=O) groups excluding carboxylic acids is 9. The number of nitrogens with one attached hydrogen (secondary N) is 9. The number of amides is 9. The first-order valence-corrected chi connectivity index (χ1v) is 24.8. The number of nitrogens with zero attached hydrogens (tertiary/aromatic N) is 1. The first kappa shape index (κ1) is 65.2. The van der Waals surface area contributed by atoms with Crippen LogP contribution in [0.15, 0.2) is 29.3 Å². The van der Waals surface area contributed by atoms with Crippen LogP contribution in [0.25, 0.3) is 0 Å². The Morgan fingerprint density at radius 1 is 0.622 bits per heavy atom. The normalized spacial score (nSPS) is 14.7. The standard InChI is InChI=1S/C46H78N14O13S/c1-23(2)18-32(57-45(73)37(26(6)61)60-38(66)25(5)54-39(67)29(48)22-74)42(70)56-31(11-9-17-51-46(49)50)41(69)59-36(24(3)4)44(72)58-33(19-27-12-14-28(62)15-13-27)43(71)55-30(10-7-8-16-47)40(68)53-20-34(63)52-21-35(64)65/h12-15,23-26,29-33,36-37,61-62,74H,7-11,16-22,47-48H2,1-6H3,(H,52,63)(H,53,68)(H,54,67)(H,55,71)(H,56,70)(H,57,73)(H,58,72)(H,59,69)(H,60,66)(H,64,65)(H4,49,50,51)/t25-,26+,29-,30-,31-,32-,33-,36-,37-/m0/s1. The molecule has 0 saturated carbocycles. The van der Waals surface area contributed by atoms with E-state index in [0.29, 0.717) is 18.4 Å². The van der Waals surface area contributed by atoms with Crippen LogP contribution in [0, 0.1) is 11.8 Å². The van der Waals surface area contributed by atoms with Crippen LogP contribution in [0.1, 0.15) is 85.6 Å². The molecule has 0 aliphatic heterocycles. The highest BCUT2D eigenvalue weighted by atomic mass is 32.1. The summed E-state index contributed by atoms with van der Waals surface area (Å²) >= 11 is 3.97. The molecule has 0 spiro atoms. The lowest BCUT2D eigenvalue weighted by Gasteiger charge is -2.29. The number of aliphatic hydroxyl groups excluding tert-OH is 1. The fraction of sp³-hybridized carbons (Fsp3) is 0.630. The van der Waals surface area contributed by atoms with Gasteiger partial charge in [-0.3, -0.25) is 52.9 Å². The maximum Gasteiger partial charge on any atom is 0.322 e. The molecule has 0 fully saturated rings. The minimum absolute atomic E-state index is 0.00757. The Morgan fingerprint density at radius 2 is 1.15 bits per heavy atom. The summed E-state index contributed by atoms with van der Waals surface area (Å²) in [6, 6.07) is -4.90. The van der Waals surface area contributed by atoms with Gasteiger partial charge in [0, 0.05) is 18.7 Å². The van der Waals surface area contributed by atoms with E-state index in [4.69, 9.17) is 28.0 Å². The summed E-state index contributed by atoms with van der Waals surface area (Å²) in [7, 11) is 0. The quantitative estimate of drug-likeness (QED) is 0.0133. The Labute approximate surface area is 435 Å². The number of rotatable bonds is 34. The molecular formula is C46H78N14O13S. The van der Waals surface area contributed by atoms with Crippen LogP contribution in [0.2, 0.25) is 0 Å². The van der Waals surface area contributed by atoms with Crippen molar-refractivity contribution in [2.24, 2.45) is 39.8 Å². The topological polar surface area (TPSA) is 456 Å². The molecule has 27 nitrogen and oxygen atoms in total. The molecule has 0 bridgehead atoms. The molecule has 28 heteroatoms. The summed E-state index contributed by atoms with van der Waals surface area (Å²) in [6.45, 7) is 8.26. The number of hydrogen-bond donors (Lipinski definition) is 17. The first-order chi connectivity index (χ1) is 34.7. The lowest BCUT2D eigenvalue weighted by atomic mass is 9.99. The van der Waals surface area contributed by atoms with Crippen molar-refractivity contribution >= 4 is 77.7 Å². The average Bonchev–Trinajstić information content (AvgIpc) is 3.32. The van der Waals surface area contributed by atoms with Gasteiger partial charge < -0.3 is 86.1 Å². The molecule has 1 rings (SSSR count). The van der Waals surface area contributed by atoms with Gasteiger partial charge in [0.15, 0.2) is 5.96 Å². The molecule has 0 aliphatic carbocycles. The van der Waals surface area contributed by atoms with Crippen molar-refractivity contribution in [3.05, 3.63) is 29.8 Å². The fourth-order valence-corrected chi connectivity index (χ4v) is 7.02. The number of guanidine groups is 1. The number of thiol groups is 1. The fourth-order valence-electron chi connectivity index (χ4n) is 6.85. The highest BCUT2D eigenvalue weighted by molar-refractivity contribution is 7.80. The largest absolute Gasteiger partial charge is 0.508 e.